The van der Waals surface area contributed by atoms with E-state index in [0.717, 1.165) is 22.4 Å². The molecule has 0 unspecified atom stereocenters. The summed E-state index contributed by atoms with van der Waals surface area (Å²) in [4.78, 5) is 14.1. The molecule has 0 aromatic heterocycles. The van der Waals surface area contributed by atoms with Crippen LogP contribution in [-0.2, 0) is 6.18 Å². The van der Waals surface area contributed by atoms with Gasteiger partial charge in [0.1, 0.15) is 0 Å². The van der Waals surface area contributed by atoms with E-state index in [-0.39, 0.29) is 11.5 Å². The van der Waals surface area contributed by atoms with Crippen LogP contribution in [0, 0.1) is 13.8 Å². The number of carbonyl (C=O) groups is 1. The summed E-state index contributed by atoms with van der Waals surface area (Å²) < 4.78 is 39.7. The Bertz CT molecular complexity index is 1060. The van der Waals surface area contributed by atoms with Gasteiger partial charge < -0.3 is 10.2 Å². The van der Waals surface area contributed by atoms with Crippen LogP contribution in [0.15, 0.2) is 48.5 Å². The average molecular weight is 386 g/mol. The van der Waals surface area contributed by atoms with Crippen LogP contribution < -0.4 is 5.32 Å². The second kappa shape index (κ2) is 7.19. The van der Waals surface area contributed by atoms with Gasteiger partial charge in [0, 0.05) is 36.4 Å². The van der Waals surface area contributed by atoms with Gasteiger partial charge in [-0.1, -0.05) is 24.3 Å². The monoisotopic (exact) mass is 386 g/mol. The number of hydrogen-bond donors (Lipinski definition) is 1. The summed E-state index contributed by atoms with van der Waals surface area (Å²) in [6.07, 6.45) is -4.41. The molecule has 3 aromatic rings. The lowest BCUT2D eigenvalue weighted by atomic mass is 9.97. The van der Waals surface area contributed by atoms with Gasteiger partial charge in [-0.2, -0.15) is 13.2 Å². The number of anilines is 2. The van der Waals surface area contributed by atoms with Gasteiger partial charge in [-0.3, -0.25) is 4.79 Å². The number of aryl methyl sites for hydroxylation is 1. The van der Waals surface area contributed by atoms with E-state index in [9.17, 15) is 18.0 Å². The average Bonchev–Trinajstić information content (AvgIpc) is 2.62. The topological polar surface area (TPSA) is 32.3 Å². The third kappa shape index (κ3) is 3.54. The number of carbonyl (C=O) groups excluding carboxylic acids is 1. The van der Waals surface area contributed by atoms with Crippen molar-refractivity contribution in [2.75, 3.05) is 19.4 Å². The van der Waals surface area contributed by atoms with Gasteiger partial charge in [-0.25, -0.2) is 0 Å². The van der Waals surface area contributed by atoms with Crippen molar-refractivity contribution in [3.8, 4) is 0 Å². The van der Waals surface area contributed by atoms with E-state index in [1.807, 2.05) is 25.1 Å². The van der Waals surface area contributed by atoms with Gasteiger partial charge in [-0.15, -0.1) is 0 Å². The van der Waals surface area contributed by atoms with Crippen molar-refractivity contribution in [1.29, 1.82) is 0 Å². The van der Waals surface area contributed by atoms with Crippen molar-refractivity contribution in [2.24, 2.45) is 0 Å². The van der Waals surface area contributed by atoms with E-state index in [0.29, 0.717) is 16.9 Å². The summed E-state index contributed by atoms with van der Waals surface area (Å²) in [6.45, 7) is 3.36. The highest BCUT2D eigenvalue weighted by molar-refractivity contribution is 6.11. The molecular weight excluding hydrogens is 365 g/mol. The first-order valence-corrected chi connectivity index (χ1v) is 8.79. The van der Waals surface area contributed by atoms with E-state index >= 15 is 0 Å². The van der Waals surface area contributed by atoms with Crippen LogP contribution in [0.2, 0.25) is 0 Å². The summed E-state index contributed by atoms with van der Waals surface area (Å²) in [5.74, 6) is -0.124. The molecule has 3 rings (SSSR count). The molecule has 0 atom stereocenters. The first kappa shape index (κ1) is 19.7. The molecule has 0 fully saturated rings. The summed E-state index contributed by atoms with van der Waals surface area (Å²) in [5.41, 5.74) is 1.97. The van der Waals surface area contributed by atoms with Gasteiger partial charge in [0.15, 0.2) is 0 Å². The Morgan fingerprint density at radius 3 is 2.25 bits per heavy atom. The number of nitrogens with zero attached hydrogens (tertiary/aromatic N) is 1. The Kier molecular flexibility index (Phi) is 5.06. The first-order chi connectivity index (χ1) is 13.1. The summed E-state index contributed by atoms with van der Waals surface area (Å²) >= 11 is 0. The van der Waals surface area contributed by atoms with Crippen molar-refractivity contribution in [2.45, 2.75) is 20.0 Å². The Hall–Kier alpha value is -3.02. The van der Waals surface area contributed by atoms with Crippen LogP contribution in [0.25, 0.3) is 10.8 Å². The van der Waals surface area contributed by atoms with E-state index < -0.39 is 11.7 Å². The molecule has 0 spiro atoms. The van der Waals surface area contributed by atoms with Gasteiger partial charge >= 0.3 is 6.18 Å². The Morgan fingerprint density at radius 1 is 0.929 bits per heavy atom. The predicted molar refractivity (Wildman–Crippen MR) is 106 cm³/mol. The SMILES string of the molecule is Cc1c(Nc2ccc(C(=O)N(C)C)c3c(C)cccc23)cccc1C(F)(F)F. The van der Waals surface area contributed by atoms with Gasteiger partial charge in [0.05, 0.1) is 5.56 Å². The molecule has 0 aliphatic heterocycles. The third-order valence-corrected chi connectivity index (χ3v) is 4.79. The first-order valence-electron chi connectivity index (χ1n) is 8.79. The zero-order valence-corrected chi connectivity index (χ0v) is 16.1. The smallest absolute Gasteiger partial charge is 0.355 e. The summed E-state index contributed by atoms with van der Waals surface area (Å²) in [6, 6.07) is 13.2. The maximum Gasteiger partial charge on any atom is 0.416 e. The Morgan fingerprint density at radius 2 is 1.61 bits per heavy atom. The van der Waals surface area contributed by atoms with Crippen molar-refractivity contribution >= 4 is 28.1 Å². The second-order valence-electron chi connectivity index (χ2n) is 6.96. The van der Waals surface area contributed by atoms with Gasteiger partial charge in [0.25, 0.3) is 5.91 Å². The van der Waals surface area contributed by atoms with E-state index in [4.69, 9.17) is 0 Å². The minimum atomic E-state index is -4.41. The lowest BCUT2D eigenvalue weighted by molar-refractivity contribution is -0.138. The van der Waals surface area contributed by atoms with Crippen LogP contribution in [0.1, 0.15) is 27.0 Å². The third-order valence-electron chi connectivity index (χ3n) is 4.79. The van der Waals surface area contributed by atoms with Gasteiger partial charge in [0.2, 0.25) is 0 Å². The molecule has 3 aromatic carbocycles. The molecule has 0 bridgehead atoms. The number of rotatable bonds is 3. The number of alkyl halides is 3. The van der Waals surface area contributed by atoms with E-state index in [1.165, 1.54) is 17.9 Å². The Balaban J connectivity index is 2.16. The number of amides is 1. The summed E-state index contributed by atoms with van der Waals surface area (Å²) in [5, 5.41) is 4.70. The number of nitrogens with one attached hydrogen (secondary N) is 1. The quantitative estimate of drug-likeness (QED) is 0.606. The fourth-order valence-corrected chi connectivity index (χ4v) is 3.34. The lowest BCUT2D eigenvalue weighted by Gasteiger charge is -2.19. The van der Waals surface area contributed by atoms with Crippen LogP contribution in [0.5, 0.6) is 0 Å². The molecule has 1 amide bonds. The molecule has 1 N–H and O–H groups in total. The fraction of sp³-hybridized carbons (Fsp3) is 0.227. The molecule has 0 heterocycles. The van der Waals surface area contributed by atoms with Gasteiger partial charge in [-0.05, 0) is 54.6 Å². The standard InChI is InChI=1S/C22H21F3N2O/c1-13-7-5-8-15-19(12-11-16(20(13)15)21(28)27(3)4)26-18-10-6-9-17(14(18)2)22(23,24)25/h5-12,26H,1-4H3. The maximum absolute atomic E-state index is 13.2. The van der Waals surface area contributed by atoms with Crippen LogP contribution in [0.3, 0.4) is 0 Å². The van der Waals surface area contributed by atoms with Crippen LogP contribution >= 0.6 is 0 Å². The van der Waals surface area contributed by atoms with E-state index in [2.05, 4.69) is 5.32 Å². The van der Waals surface area contributed by atoms with Crippen LogP contribution in [-0.4, -0.2) is 24.9 Å². The van der Waals surface area contributed by atoms with Crippen molar-refractivity contribution in [3.05, 3.63) is 70.8 Å². The normalized spacial score (nSPS) is 11.5. The molecule has 6 heteroatoms. The fourth-order valence-electron chi connectivity index (χ4n) is 3.34. The highest BCUT2D eigenvalue weighted by Gasteiger charge is 2.33. The molecule has 0 radical (unpaired) electrons. The molecule has 0 saturated heterocycles. The lowest BCUT2D eigenvalue weighted by Crippen LogP contribution is -2.22. The number of benzene rings is 3. The molecule has 0 aliphatic rings. The molecule has 28 heavy (non-hydrogen) atoms. The highest BCUT2D eigenvalue weighted by atomic mass is 19.4. The minimum Gasteiger partial charge on any atom is -0.355 e. The largest absolute Gasteiger partial charge is 0.416 e. The molecule has 0 saturated carbocycles. The number of fused-ring (bicyclic) bond motifs is 1. The van der Waals surface area contributed by atoms with Crippen molar-refractivity contribution in [1.82, 2.24) is 4.90 Å². The summed E-state index contributed by atoms with van der Waals surface area (Å²) in [7, 11) is 3.37. The maximum atomic E-state index is 13.2. The zero-order chi connectivity index (χ0) is 20.6. The number of hydrogen-bond acceptors (Lipinski definition) is 2. The predicted octanol–water partition coefficient (Wildman–Crippen LogP) is 5.92. The highest BCUT2D eigenvalue weighted by Crippen LogP contribution is 2.37. The van der Waals surface area contributed by atoms with Crippen molar-refractivity contribution < 1.29 is 18.0 Å². The Labute approximate surface area is 161 Å². The van der Waals surface area contributed by atoms with Crippen LogP contribution in [0.4, 0.5) is 24.5 Å². The molecule has 0 aliphatic carbocycles. The van der Waals surface area contributed by atoms with E-state index in [1.54, 1.807) is 32.3 Å². The molecular formula is C22H21F3N2O. The molecule has 3 nitrogen and oxygen atoms in total. The molecule has 146 valence electrons. The number of halogens is 3. The zero-order valence-electron chi connectivity index (χ0n) is 16.1. The minimum absolute atomic E-state index is 0.124. The second-order valence-corrected chi connectivity index (χ2v) is 6.96. The van der Waals surface area contributed by atoms with Crippen molar-refractivity contribution in [3.63, 3.8) is 0 Å².